The molecule has 0 saturated heterocycles. The van der Waals surface area contributed by atoms with Gasteiger partial charge >= 0.3 is 5.97 Å². The number of anilines is 2. The molecule has 0 unspecified atom stereocenters. The minimum Gasteiger partial charge on any atom is -0.466 e. The summed E-state index contributed by atoms with van der Waals surface area (Å²) in [6.45, 7) is 2.28. The van der Waals surface area contributed by atoms with E-state index in [9.17, 15) is 4.79 Å². The monoisotopic (exact) mass is 379 g/mol. The molecule has 5 rings (SSSR count). The highest BCUT2D eigenvalue weighted by molar-refractivity contribution is 7.21. The minimum atomic E-state index is -0.133. The zero-order chi connectivity index (χ0) is 17.7. The lowest BCUT2D eigenvalue weighted by Gasteiger charge is -2.24. The Labute approximate surface area is 159 Å². The van der Waals surface area contributed by atoms with Crippen LogP contribution in [0.1, 0.15) is 29.0 Å². The number of rotatable bonds is 3. The lowest BCUT2D eigenvalue weighted by molar-refractivity contribution is -0.143. The molecule has 0 amide bonds. The molecule has 0 aliphatic carbocycles. The number of thiophene rings is 2. The maximum atomic E-state index is 12.3. The van der Waals surface area contributed by atoms with Crippen LogP contribution in [0.15, 0.2) is 48.5 Å². The van der Waals surface area contributed by atoms with E-state index in [1.807, 2.05) is 6.92 Å². The summed E-state index contributed by atoms with van der Waals surface area (Å²) in [5.41, 5.74) is 2.30. The van der Waals surface area contributed by atoms with E-state index in [1.165, 1.54) is 29.9 Å². The van der Waals surface area contributed by atoms with Gasteiger partial charge in [-0.2, -0.15) is 0 Å². The standard InChI is InChI=1S/C21H17NO2S2/c1-2-24-17(23)11-14-20-18(12-7-3-5-9-15(12)25-20)22-19-13-8-4-6-10-16(13)26-21(14)19/h3-10,14,22H,2,11H2,1H3. The van der Waals surface area contributed by atoms with Gasteiger partial charge in [0.25, 0.3) is 0 Å². The molecular formula is C21H17NO2S2. The SMILES string of the molecule is CCOC(=O)CC1c2sc3ccccc3c2Nc2c1sc1ccccc21. The molecular weight excluding hydrogens is 362 g/mol. The van der Waals surface area contributed by atoms with Gasteiger partial charge in [-0.15, -0.1) is 22.7 Å². The summed E-state index contributed by atoms with van der Waals surface area (Å²) < 4.78 is 7.77. The van der Waals surface area contributed by atoms with Crippen LogP contribution in [0.2, 0.25) is 0 Å². The van der Waals surface area contributed by atoms with Gasteiger partial charge < -0.3 is 10.1 Å². The Morgan fingerprint density at radius 1 is 0.962 bits per heavy atom. The van der Waals surface area contributed by atoms with Crippen LogP contribution in [0.25, 0.3) is 20.2 Å². The first kappa shape index (κ1) is 15.9. The highest BCUT2D eigenvalue weighted by Gasteiger charge is 2.33. The molecule has 0 radical (unpaired) electrons. The molecule has 4 aromatic rings. The Morgan fingerprint density at radius 3 is 2.04 bits per heavy atom. The van der Waals surface area contributed by atoms with Crippen LogP contribution in [-0.4, -0.2) is 12.6 Å². The zero-order valence-corrected chi connectivity index (χ0v) is 15.9. The average molecular weight is 380 g/mol. The van der Waals surface area contributed by atoms with E-state index in [-0.39, 0.29) is 11.9 Å². The van der Waals surface area contributed by atoms with E-state index < -0.39 is 0 Å². The summed E-state index contributed by atoms with van der Waals surface area (Å²) in [7, 11) is 0. The van der Waals surface area contributed by atoms with Crippen molar-refractivity contribution in [3.63, 3.8) is 0 Å². The Kier molecular flexibility index (Phi) is 3.72. The summed E-state index contributed by atoms with van der Waals surface area (Å²) in [5.74, 6) is -0.0821. The summed E-state index contributed by atoms with van der Waals surface area (Å²) in [6.07, 6.45) is 0.384. The number of nitrogens with one attached hydrogen (secondary N) is 1. The zero-order valence-electron chi connectivity index (χ0n) is 14.2. The Bertz CT molecular complexity index is 1060. The van der Waals surface area contributed by atoms with Gasteiger partial charge in [0.15, 0.2) is 0 Å². The van der Waals surface area contributed by atoms with Crippen molar-refractivity contribution in [3.05, 3.63) is 58.3 Å². The van der Waals surface area contributed by atoms with Crippen LogP contribution in [0, 0.1) is 0 Å². The molecule has 0 bridgehead atoms. The fourth-order valence-corrected chi connectivity index (χ4v) is 6.31. The fourth-order valence-electron chi connectivity index (χ4n) is 3.69. The number of ether oxygens (including phenoxy) is 1. The normalized spacial score (nSPS) is 13.4. The van der Waals surface area contributed by atoms with Crippen LogP contribution in [0.4, 0.5) is 11.4 Å². The molecule has 0 saturated carbocycles. The molecule has 1 aliphatic heterocycles. The summed E-state index contributed by atoms with van der Waals surface area (Å²) in [5, 5.41) is 6.14. The number of benzene rings is 2. The predicted octanol–water partition coefficient (Wildman–Crippen LogP) is 6.26. The molecule has 0 atom stereocenters. The van der Waals surface area contributed by atoms with Gasteiger partial charge in [-0.05, 0) is 19.1 Å². The molecule has 2 aromatic carbocycles. The maximum Gasteiger partial charge on any atom is 0.306 e. The third-order valence-corrected chi connectivity index (χ3v) is 7.37. The first-order chi connectivity index (χ1) is 12.8. The van der Waals surface area contributed by atoms with Gasteiger partial charge in [0.2, 0.25) is 0 Å². The number of fused-ring (bicyclic) bond motifs is 6. The molecule has 3 heterocycles. The number of carbonyl (C=O) groups excluding carboxylic acids is 1. The van der Waals surface area contributed by atoms with Crippen LogP contribution in [0.3, 0.4) is 0 Å². The van der Waals surface area contributed by atoms with Crippen molar-refractivity contribution in [2.24, 2.45) is 0 Å². The average Bonchev–Trinajstić information content (AvgIpc) is 3.21. The van der Waals surface area contributed by atoms with Crippen molar-refractivity contribution < 1.29 is 9.53 Å². The highest BCUT2D eigenvalue weighted by atomic mass is 32.1. The quantitative estimate of drug-likeness (QED) is 0.427. The van der Waals surface area contributed by atoms with E-state index in [0.717, 1.165) is 11.4 Å². The molecule has 0 spiro atoms. The maximum absolute atomic E-state index is 12.3. The summed E-state index contributed by atoms with van der Waals surface area (Å²) >= 11 is 3.56. The highest BCUT2D eigenvalue weighted by Crippen LogP contribution is 2.54. The van der Waals surface area contributed by atoms with E-state index in [4.69, 9.17) is 4.74 Å². The Balaban J connectivity index is 1.73. The second kappa shape index (κ2) is 6.11. The summed E-state index contributed by atoms with van der Waals surface area (Å²) in [4.78, 5) is 14.8. The number of hydrogen-bond acceptors (Lipinski definition) is 5. The molecule has 1 N–H and O–H groups in total. The molecule has 1 aliphatic rings. The molecule has 3 nitrogen and oxygen atoms in total. The lowest BCUT2D eigenvalue weighted by Crippen LogP contribution is -2.14. The first-order valence-electron chi connectivity index (χ1n) is 8.71. The number of esters is 1. The minimum absolute atomic E-state index is 0.0510. The molecule has 2 aromatic heterocycles. The van der Waals surface area contributed by atoms with Crippen LogP contribution in [-0.2, 0) is 9.53 Å². The molecule has 26 heavy (non-hydrogen) atoms. The van der Waals surface area contributed by atoms with Gasteiger partial charge in [0, 0.05) is 35.8 Å². The van der Waals surface area contributed by atoms with E-state index in [1.54, 1.807) is 22.7 Å². The van der Waals surface area contributed by atoms with Gasteiger partial charge in [-0.3, -0.25) is 4.79 Å². The number of hydrogen-bond donors (Lipinski definition) is 1. The van der Waals surface area contributed by atoms with E-state index in [2.05, 4.69) is 53.8 Å². The van der Waals surface area contributed by atoms with Crippen molar-refractivity contribution in [2.75, 3.05) is 11.9 Å². The van der Waals surface area contributed by atoms with Gasteiger partial charge in [0.05, 0.1) is 24.4 Å². The van der Waals surface area contributed by atoms with Gasteiger partial charge in [0.1, 0.15) is 0 Å². The molecule has 130 valence electrons. The lowest BCUT2D eigenvalue weighted by atomic mass is 9.94. The third kappa shape index (κ3) is 2.35. The topological polar surface area (TPSA) is 38.3 Å². The molecule has 0 fully saturated rings. The van der Waals surface area contributed by atoms with Crippen molar-refractivity contribution >= 4 is 60.2 Å². The second-order valence-corrected chi connectivity index (χ2v) is 8.53. The van der Waals surface area contributed by atoms with E-state index >= 15 is 0 Å². The molecule has 5 heteroatoms. The Hall–Kier alpha value is -2.37. The smallest absolute Gasteiger partial charge is 0.306 e. The van der Waals surface area contributed by atoms with Crippen LogP contribution in [0.5, 0.6) is 0 Å². The van der Waals surface area contributed by atoms with Gasteiger partial charge in [-0.25, -0.2) is 0 Å². The first-order valence-corrected chi connectivity index (χ1v) is 10.3. The predicted molar refractivity (Wildman–Crippen MR) is 110 cm³/mol. The van der Waals surface area contributed by atoms with E-state index in [0.29, 0.717) is 13.0 Å². The van der Waals surface area contributed by atoms with Crippen molar-refractivity contribution in [3.8, 4) is 0 Å². The van der Waals surface area contributed by atoms with Crippen LogP contribution >= 0.6 is 22.7 Å². The Morgan fingerprint density at radius 2 is 1.50 bits per heavy atom. The van der Waals surface area contributed by atoms with Crippen molar-refractivity contribution in [1.29, 1.82) is 0 Å². The fraction of sp³-hybridized carbons (Fsp3) is 0.190. The largest absolute Gasteiger partial charge is 0.466 e. The number of carbonyl (C=O) groups is 1. The summed E-state index contributed by atoms with van der Waals surface area (Å²) in [6, 6.07) is 16.9. The van der Waals surface area contributed by atoms with Crippen molar-refractivity contribution in [2.45, 2.75) is 19.3 Å². The second-order valence-electron chi connectivity index (χ2n) is 6.36. The van der Waals surface area contributed by atoms with Crippen molar-refractivity contribution in [1.82, 2.24) is 0 Å². The van der Waals surface area contributed by atoms with Gasteiger partial charge in [-0.1, -0.05) is 36.4 Å². The third-order valence-electron chi connectivity index (χ3n) is 4.80. The van der Waals surface area contributed by atoms with Crippen LogP contribution < -0.4 is 5.32 Å².